The summed E-state index contributed by atoms with van der Waals surface area (Å²) in [4.78, 5) is 12.5. The second kappa shape index (κ2) is 6.10. The number of thiophene rings is 1. The number of hydrogen-bond donors (Lipinski definition) is 2. The first kappa shape index (κ1) is 15.9. The Balaban J connectivity index is 2.04. The third-order valence-corrected chi connectivity index (χ3v) is 5.34. The summed E-state index contributed by atoms with van der Waals surface area (Å²) < 4.78 is 35.3. The summed E-state index contributed by atoms with van der Waals surface area (Å²) in [5, 5.41) is 7.43. The number of nitrogens with two attached hydrogens (primary N) is 1. The molecule has 0 radical (unpaired) electrons. The normalized spacial score (nSPS) is 11.4. The first-order valence-corrected chi connectivity index (χ1v) is 8.36. The molecule has 0 aliphatic carbocycles. The summed E-state index contributed by atoms with van der Waals surface area (Å²) in [7, 11) is -3.74. The van der Waals surface area contributed by atoms with Gasteiger partial charge in [0.15, 0.2) is 0 Å². The Morgan fingerprint density at radius 1 is 1.33 bits per heavy atom. The Bertz CT molecular complexity index is 790. The Kier molecular flexibility index (Phi) is 4.62. The minimum Gasteiger partial charge on any atom is -0.347 e. The zero-order valence-electron chi connectivity index (χ0n) is 10.5. The van der Waals surface area contributed by atoms with Gasteiger partial charge in [-0.05, 0) is 30.3 Å². The van der Waals surface area contributed by atoms with Crippen LogP contribution in [0.2, 0.25) is 5.02 Å². The fraction of sp³-hybridized carbons (Fsp3) is 0.0833. The van der Waals surface area contributed by atoms with Crippen LogP contribution in [0.5, 0.6) is 0 Å². The SMILES string of the molecule is NS(=O)(=O)c1ccc(CNC(=O)c2ccc(F)c(Cl)c2)s1. The van der Waals surface area contributed by atoms with Crippen LogP contribution in [0.3, 0.4) is 0 Å². The smallest absolute Gasteiger partial charge is 0.251 e. The van der Waals surface area contributed by atoms with Crippen molar-refractivity contribution in [1.82, 2.24) is 5.32 Å². The van der Waals surface area contributed by atoms with E-state index in [0.717, 1.165) is 17.4 Å². The van der Waals surface area contributed by atoms with Crippen LogP contribution in [-0.2, 0) is 16.6 Å². The van der Waals surface area contributed by atoms with E-state index in [9.17, 15) is 17.6 Å². The van der Waals surface area contributed by atoms with E-state index in [4.69, 9.17) is 16.7 Å². The summed E-state index contributed by atoms with van der Waals surface area (Å²) in [6, 6.07) is 6.55. The average molecular weight is 349 g/mol. The lowest BCUT2D eigenvalue weighted by Gasteiger charge is -2.04. The first-order chi connectivity index (χ1) is 9.77. The molecule has 1 heterocycles. The van der Waals surface area contributed by atoms with E-state index in [-0.39, 0.29) is 21.3 Å². The Morgan fingerprint density at radius 3 is 2.62 bits per heavy atom. The van der Waals surface area contributed by atoms with Gasteiger partial charge in [-0.3, -0.25) is 4.79 Å². The van der Waals surface area contributed by atoms with Gasteiger partial charge in [-0.15, -0.1) is 11.3 Å². The fourth-order valence-corrected chi connectivity index (χ4v) is 3.41. The molecule has 0 atom stereocenters. The third-order valence-electron chi connectivity index (χ3n) is 2.52. The van der Waals surface area contributed by atoms with Crippen LogP contribution < -0.4 is 10.5 Å². The Labute approximate surface area is 129 Å². The van der Waals surface area contributed by atoms with Crippen LogP contribution >= 0.6 is 22.9 Å². The van der Waals surface area contributed by atoms with Crippen molar-refractivity contribution < 1.29 is 17.6 Å². The lowest BCUT2D eigenvalue weighted by molar-refractivity contribution is 0.0951. The van der Waals surface area contributed by atoms with Crippen LogP contribution in [0.4, 0.5) is 4.39 Å². The lowest BCUT2D eigenvalue weighted by atomic mass is 10.2. The van der Waals surface area contributed by atoms with Gasteiger partial charge >= 0.3 is 0 Å². The molecule has 5 nitrogen and oxygen atoms in total. The van der Waals surface area contributed by atoms with Crippen molar-refractivity contribution >= 4 is 38.9 Å². The number of primary sulfonamides is 1. The summed E-state index contributed by atoms with van der Waals surface area (Å²) in [6.07, 6.45) is 0. The van der Waals surface area contributed by atoms with Gasteiger partial charge in [0.25, 0.3) is 5.91 Å². The molecule has 2 aromatic rings. The number of carbonyl (C=O) groups excluding carboxylic acids is 1. The number of carbonyl (C=O) groups is 1. The predicted molar refractivity (Wildman–Crippen MR) is 78.3 cm³/mol. The first-order valence-electron chi connectivity index (χ1n) is 5.62. The second-order valence-corrected chi connectivity index (χ2v) is 7.44. The van der Waals surface area contributed by atoms with Gasteiger partial charge in [0.2, 0.25) is 10.0 Å². The Morgan fingerprint density at radius 2 is 2.05 bits per heavy atom. The molecule has 2 rings (SSSR count). The molecular weight excluding hydrogens is 339 g/mol. The highest BCUT2D eigenvalue weighted by molar-refractivity contribution is 7.91. The molecule has 0 saturated carbocycles. The largest absolute Gasteiger partial charge is 0.347 e. The fourth-order valence-electron chi connectivity index (χ4n) is 1.51. The van der Waals surface area contributed by atoms with E-state index in [1.807, 2.05) is 0 Å². The molecule has 0 spiro atoms. The lowest BCUT2D eigenvalue weighted by Crippen LogP contribution is -2.22. The van der Waals surface area contributed by atoms with Crippen LogP contribution in [0.25, 0.3) is 0 Å². The maximum absolute atomic E-state index is 13.0. The maximum Gasteiger partial charge on any atom is 0.251 e. The monoisotopic (exact) mass is 348 g/mol. The van der Waals surface area contributed by atoms with Gasteiger partial charge < -0.3 is 5.32 Å². The van der Waals surface area contributed by atoms with Crippen molar-refractivity contribution in [3.63, 3.8) is 0 Å². The van der Waals surface area contributed by atoms with Crippen molar-refractivity contribution in [2.24, 2.45) is 5.14 Å². The summed E-state index contributed by atoms with van der Waals surface area (Å²) in [5.74, 6) is -1.05. The number of amides is 1. The van der Waals surface area contributed by atoms with Crippen LogP contribution in [0, 0.1) is 5.82 Å². The van der Waals surface area contributed by atoms with Gasteiger partial charge in [-0.2, -0.15) is 0 Å². The highest BCUT2D eigenvalue weighted by Gasteiger charge is 2.12. The highest BCUT2D eigenvalue weighted by Crippen LogP contribution is 2.20. The molecule has 0 bridgehead atoms. The van der Waals surface area contributed by atoms with Gasteiger partial charge in [-0.1, -0.05) is 11.6 Å². The van der Waals surface area contributed by atoms with E-state index in [0.29, 0.717) is 4.88 Å². The van der Waals surface area contributed by atoms with Crippen LogP contribution in [-0.4, -0.2) is 14.3 Å². The molecule has 1 aromatic carbocycles. The quantitative estimate of drug-likeness (QED) is 0.886. The minimum atomic E-state index is -3.74. The van der Waals surface area contributed by atoms with E-state index < -0.39 is 21.7 Å². The van der Waals surface area contributed by atoms with Crippen molar-refractivity contribution in [2.75, 3.05) is 0 Å². The molecule has 0 fully saturated rings. The molecule has 0 aliphatic rings. The number of halogens is 2. The standard InChI is InChI=1S/C12H10ClFN2O3S2/c13-9-5-7(1-3-10(9)14)12(17)16-6-8-2-4-11(20-8)21(15,18)19/h1-5H,6H2,(H,16,17)(H2,15,18,19). The summed E-state index contributed by atoms with van der Waals surface area (Å²) in [6.45, 7) is 0.133. The van der Waals surface area contributed by atoms with Gasteiger partial charge in [0.1, 0.15) is 10.0 Å². The number of hydrogen-bond acceptors (Lipinski definition) is 4. The van der Waals surface area contributed by atoms with Crippen LogP contribution in [0.15, 0.2) is 34.5 Å². The highest BCUT2D eigenvalue weighted by atomic mass is 35.5. The summed E-state index contributed by atoms with van der Waals surface area (Å²) in [5.41, 5.74) is 0.213. The van der Waals surface area contributed by atoms with Gasteiger partial charge in [0.05, 0.1) is 11.6 Å². The molecule has 0 saturated heterocycles. The third kappa shape index (κ3) is 4.01. The van der Waals surface area contributed by atoms with E-state index in [2.05, 4.69) is 5.32 Å². The van der Waals surface area contributed by atoms with E-state index >= 15 is 0 Å². The molecule has 1 aromatic heterocycles. The summed E-state index contributed by atoms with van der Waals surface area (Å²) >= 11 is 6.56. The molecule has 21 heavy (non-hydrogen) atoms. The Hall–Kier alpha value is -1.48. The van der Waals surface area contributed by atoms with Crippen molar-refractivity contribution in [1.29, 1.82) is 0 Å². The maximum atomic E-state index is 13.0. The van der Waals surface area contributed by atoms with Crippen molar-refractivity contribution in [3.05, 3.63) is 51.6 Å². The van der Waals surface area contributed by atoms with E-state index in [1.54, 1.807) is 6.07 Å². The van der Waals surface area contributed by atoms with Crippen molar-refractivity contribution in [3.8, 4) is 0 Å². The van der Waals surface area contributed by atoms with Gasteiger partial charge in [-0.25, -0.2) is 17.9 Å². The number of benzene rings is 1. The van der Waals surface area contributed by atoms with Crippen molar-refractivity contribution in [2.45, 2.75) is 10.8 Å². The van der Waals surface area contributed by atoms with Gasteiger partial charge in [0, 0.05) is 10.4 Å². The number of sulfonamides is 1. The predicted octanol–water partition coefficient (Wildman–Crippen LogP) is 2.12. The zero-order valence-corrected chi connectivity index (χ0v) is 12.9. The minimum absolute atomic E-state index is 0.0246. The average Bonchev–Trinajstić information content (AvgIpc) is 2.88. The second-order valence-electron chi connectivity index (χ2n) is 4.08. The number of rotatable bonds is 4. The number of nitrogens with one attached hydrogen (secondary N) is 1. The zero-order chi connectivity index (χ0) is 15.6. The molecular formula is C12H10ClFN2O3S2. The molecule has 112 valence electrons. The molecule has 3 N–H and O–H groups in total. The van der Waals surface area contributed by atoms with E-state index in [1.165, 1.54) is 18.2 Å². The topological polar surface area (TPSA) is 89.3 Å². The molecule has 1 amide bonds. The van der Waals surface area contributed by atoms with Crippen LogP contribution in [0.1, 0.15) is 15.2 Å². The molecule has 9 heteroatoms. The molecule has 0 unspecified atom stereocenters. The molecule has 0 aliphatic heterocycles.